The second kappa shape index (κ2) is 5.60. The monoisotopic (exact) mass is 244 g/mol. The van der Waals surface area contributed by atoms with Crippen LogP contribution in [0.25, 0.3) is 0 Å². The summed E-state index contributed by atoms with van der Waals surface area (Å²) in [5.74, 6) is 0.576. The Bertz CT molecular complexity index is 380. The van der Waals surface area contributed by atoms with E-state index in [0.717, 1.165) is 6.42 Å². The van der Waals surface area contributed by atoms with Crippen molar-refractivity contribution in [3.05, 3.63) is 48.7 Å². The fourth-order valence-corrected chi connectivity index (χ4v) is 3.29. The molecule has 1 saturated carbocycles. The molecular formula is C17H24O. The highest BCUT2D eigenvalue weighted by Crippen LogP contribution is 2.42. The van der Waals surface area contributed by atoms with E-state index in [1.54, 1.807) is 6.26 Å². The summed E-state index contributed by atoms with van der Waals surface area (Å²) in [6, 6.07) is 10.8. The molecule has 0 aliphatic heterocycles. The van der Waals surface area contributed by atoms with Crippen LogP contribution in [0.4, 0.5) is 0 Å². The van der Waals surface area contributed by atoms with Crippen molar-refractivity contribution in [1.29, 1.82) is 0 Å². The van der Waals surface area contributed by atoms with Crippen LogP contribution in [0.1, 0.15) is 45.1 Å². The first-order valence-corrected chi connectivity index (χ1v) is 6.98. The molecule has 2 rings (SSSR count). The molecule has 1 nitrogen and oxygen atoms in total. The van der Waals surface area contributed by atoms with Crippen molar-refractivity contribution in [2.45, 2.75) is 51.0 Å². The van der Waals surface area contributed by atoms with Crippen LogP contribution in [0.5, 0.6) is 0 Å². The van der Waals surface area contributed by atoms with Gasteiger partial charge < -0.3 is 4.74 Å². The van der Waals surface area contributed by atoms with Gasteiger partial charge in [-0.3, -0.25) is 0 Å². The van der Waals surface area contributed by atoms with E-state index in [-0.39, 0.29) is 5.41 Å². The predicted octanol–water partition coefficient (Wildman–Crippen LogP) is 4.68. The summed E-state index contributed by atoms with van der Waals surface area (Å²) in [6.45, 7) is 8.41. The first kappa shape index (κ1) is 13.2. The van der Waals surface area contributed by atoms with Gasteiger partial charge in [-0.05, 0) is 30.2 Å². The van der Waals surface area contributed by atoms with E-state index >= 15 is 0 Å². The second-order valence-electron chi connectivity index (χ2n) is 5.82. The molecule has 1 aromatic carbocycles. The van der Waals surface area contributed by atoms with Crippen LogP contribution in [0.3, 0.4) is 0 Å². The van der Waals surface area contributed by atoms with Crippen molar-refractivity contribution in [1.82, 2.24) is 0 Å². The van der Waals surface area contributed by atoms with Gasteiger partial charge in [0, 0.05) is 5.92 Å². The average molecular weight is 244 g/mol. The summed E-state index contributed by atoms with van der Waals surface area (Å²) in [7, 11) is 0. The molecule has 98 valence electrons. The zero-order valence-corrected chi connectivity index (χ0v) is 11.6. The van der Waals surface area contributed by atoms with Crippen molar-refractivity contribution in [2.75, 3.05) is 0 Å². The van der Waals surface area contributed by atoms with Crippen molar-refractivity contribution >= 4 is 0 Å². The second-order valence-corrected chi connectivity index (χ2v) is 5.82. The number of rotatable bonds is 4. The molecule has 1 fully saturated rings. The molecule has 0 N–H and O–H groups in total. The average Bonchev–Trinajstić information content (AvgIpc) is 2.41. The van der Waals surface area contributed by atoms with Crippen LogP contribution < -0.4 is 0 Å². The lowest BCUT2D eigenvalue weighted by Crippen LogP contribution is -2.40. The summed E-state index contributed by atoms with van der Waals surface area (Å²) >= 11 is 0. The van der Waals surface area contributed by atoms with E-state index in [2.05, 4.69) is 50.8 Å². The lowest BCUT2D eigenvalue weighted by molar-refractivity contribution is 0.0193. The van der Waals surface area contributed by atoms with Crippen LogP contribution in [-0.4, -0.2) is 6.10 Å². The third-order valence-electron chi connectivity index (χ3n) is 4.42. The minimum atomic E-state index is 0.162. The number of hydrogen-bond acceptors (Lipinski definition) is 1. The quantitative estimate of drug-likeness (QED) is 0.699. The minimum absolute atomic E-state index is 0.162. The Kier molecular flexibility index (Phi) is 4.11. The molecule has 1 aromatic rings. The number of benzene rings is 1. The van der Waals surface area contributed by atoms with Gasteiger partial charge in [0.05, 0.1) is 6.26 Å². The fourth-order valence-electron chi connectivity index (χ4n) is 3.29. The van der Waals surface area contributed by atoms with Crippen LogP contribution in [0.2, 0.25) is 0 Å². The maximum Gasteiger partial charge on any atom is 0.101 e. The third kappa shape index (κ3) is 2.60. The smallest absolute Gasteiger partial charge is 0.101 e. The van der Waals surface area contributed by atoms with Gasteiger partial charge in [0.15, 0.2) is 0 Å². The van der Waals surface area contributed by atoms with Gasteiger partial charge >= 0.3 is 0 Å². The fraction of sp³-hybridized carbons (Fsp3) is 0.529. The molecule has 1 aliphatic carbocycles. The molecule has 1 heteroatoms. The lowest BCUT2D eigenvalue weighted by atomic mass is 9.66. The largest absolute Gasteiger partial charge is 0.498 e. The molecule has 0 aromatic heterocycles. The van der Waals surface area contributed by atoms with Gasteiger partial charge in [0.1, 0.15) is 6.10 Å². The molecule has 0 spiro atoms. The van der Waals surface area contributed by atoms with E-state index in [1.165, 1.54) is 24.8 Å². The van der Waals surface area contributed by atoms with Gasteiger partial charge in [-0.15, -0.1) is 0 Å². The molecule has 0 unspecified atom stereocenters. The molecule has 0 radical (unpaired) electrons. The third-order valence-corrected chi connectivity index (χ3v) is 4.42. The molecule has 1 aliphatic rings. The Hall–Kier alpha value is -1.24. The summed E-state index contributed by atoms with van der Waals surface area (Å²) in [6.07, 6.45) is 6.95. The van der Waals surface area contributed by atoms with Crippen molar-refractivity contribution in [3.63, 3.8) is 0 Å². The summed E-state index contributed by atoms with van der Waals surface area (Å²) in [4.78, 5) is 0. The first-order valence-electron chi connectivity index (χ1n) is 6.98. The SMILES string of the molecule is C=CO[C@@H]1CCCC[C@H]1C(C)(C)c1ccccc1. The molecule has 0 saturated heterocycles. The Balaban J connectivity index is 2.23. The van der Waals surface area contributed by atoms with Crippen LogP contribution in [0.15, 0.2) is 43.2 Å². The van der Waals surface area contributed by atoms with Crippen LogP contribution in [0, 0.1) is 5.92 Å². The van der Waals surface area contributed by atoms with Crippen LogP contribution >= 0.6 is 0 Å². The molecule has 2 atom stereocenters. The number of hydrogen-bond donors (Lipinski definition) is 0. The maximum absolute atomic E-state index is 5.77. The predicted molar refractivity (Wildman–Crippen MR) is 76.5 cm³/mol. The highest BCUT2D eigenvalue weighted by molar-refractivity contribution is 5.25. The van der Waals surface area contributed by atoms with Crippen LogP contribution in [-0.2, 0) is 10.2 Å². The van der Waals surface area contributed by atoms with Gasteiger partial charge in [0.2, 0.25) is 0 Å². The van der Waals surface area contributed by atoms with E-state index in [9.17, 15) is 0 Å². The molecule has 0 heterocycles. The van der Waals surface area contributed by atoms with Crippen molar-refractivity contribution in [3.8, 4) is 0 Å². The highest BCUT2D eigenvalue weighted by atomic mass is 16.5. The normalized spacial score (nSPS) is 24.6. The Morgan fingerprint density at radius 2 is 1.83 bits per heavy atom. The summed E-state index contributed by atoms with van der Waals surface area (Å²) < 4.78 is 5.77. The Labute approximate surface area is 111 Å². The minimum Gasteiger partial charge on any atom is -0.498 e. The van der Waals surface area contributed by atoms with E-state index in [1.807, 2.05) is 0 Å². The zero-order chi connectivity index (χ0) is 13.0. The van der Waals surface area contributed by atoms with Crippen molar-refractivity contribution < 1.29 is 4.74 Å². The molecule has 18 heavy (non-hydrogen) atoms. The molecule has 0 amide bonds. The van der Waals surface area contributed by atoms with E-state index in [0.29, 0.717) is 12.0 Å². The molecule has 0 bridgehead atoms. The maximum atomic E-state index is 5.77. The molecular weight excluding hydrogens is 220 g/mol. The van der Waals surface area contributed by atoms with E-state index in [4.69, 9.17) is 4.74 Å². The van der Waals surface area contributed by atoms with E-state index < -0.39 is 0 Å². The summed E-state index contributed by atoms with van der Waals surface area (Å²) in [5, 5.41) is 0. The van der Waals surface area contributed by atoms with Crippen molar-refractivity contribution in [2.24, 2.45) is 5.92 Å². The first-order chi connectivity index (χ1) is 8.66. The van der Waals surface area contributed by atoms with Gasteiger partial charge in [-0.2, -0.15) is 0 Å². The lowest BCUT2D eigenvalue weighted by Gasteiger charge is -2.42. The topological polar surface area (TPSA) is 9.23 Å². The summed E-state index contributed by atoms with van der Waals surface area (Å²) in [5.41, 5.74) is 1.57. The number of ether oxygens (including phenoxy) is 1. The Morgan fingerprint density at radius 1 is 1.17 bits per heavy atom. The highest BCUT2D eigenvalue weighted by Gasteiger charge is 2.39. The van der Waals surface area contributed by atoms with Gasteiger partial charge in [-0.25, -0.2) is 0 Å². The zero-order valence-electron chi connectivity index (χ0n) is 11.6. The Morgan fingerprint density at radius 3 is 2.50 bits per heavy atom. The van der Waals surface area contributed by atoms with Gasteiger partial charge in [-0.1, -0.05) is 57.2 Å². The van der Waals surface area contributed by atoms with Gasteiger partial charge in [0.25, 0.3) is 0 Å². The standard InChI is InChI=1S/C17H24O/c1-4-18-16-13-9-8-12-15(16)17(2,3)14-10-6-5-7-11-14/h4-7,10-11,15-16H,1,8-9,12-13H2,2-3H3/t15-,16-/m1/s1.